The molecule has 0 fully saturated rings. The minimum Gasteiger partial charge on any atom is -0.354 e. The van der Waals surface area contributed by atoms with Gasteiger partial charge >= 0.3 is 0 Å². The Kier molecular flexibility index (Phi) is 10.7. The Hall–Kier alpha value is -2.28. The fourth-order valence-corrected chi connectivity index (χ4v) is 4.70. The van der Waals surface area contributed by atoms with E-state index in [4.69, 9.17) is 11.6 Å². The second-order valence-electron chi connectivity index (χ2n) is 8.74. The lowest BCUT2D eigenvalue weighted by Crippen LogP contribution is -2.51. The summed E-state index contributed by atoms with van der Waals surface area (Å²) in [5.41, 5.74) is 1.98. The summed E-state index contributed by atoms with van der Waals surface area (Å²) in [6, 6.07) is 24.5. The van der Waals surface area contributed by atoms with Crippen LogP contribution in [-0.2, 0) is 22.6 Å². The normalized spacial score (nSPS) is 11.8. The maximum absolute atomic E-state index is 13.6. The summed E-state index contributed by atoms with van der Waals surface area (Å²) in [6.45, 7) is 5.02. The molecular weight excluding hydrogens is 544 g/mol. The molecule has 3 rings (SSSR count). The lowest BCUT2D eigenvalue weighted by molar-refractivity contribution is -0.139. The van der Waals surface area contributed by atoms with E-state index in [2.05, 4.69) is 35.1 Å². The fraction of sp³-hybridized carbons (Fsp3) is 0.286. The fourth-order valence-electron chi connectivity index (χ4n) is 3.52. The molecule has 0 saturated heterocycles. The number of carbonyl (C=O) groups excluding carboxylic acids is 2. The van der Waals surface area contributed by atoms with E-state index in [-0.39, 0.29) is 17.6 Å². The van der Waals surface area contributed by atoms with Crippen LogP contribution in [0.3, 0.4) is 0 Å². The van der Waals surface area contributed by atoms with E-state index >= 15 is 0 Å². The maximum Gasteiger partial charge on any atom is 0.243 e. The molecule has 0 aliphatic heterocycles. The van der Waals surface area contributed by atoms with Gasteiger partial charge in [0.2, 0.25) is 11.8 Å². The van der Waals surface area contributed by atoms with Gasteiger partial charge in [0.15, 0.2) is 0 Å². The quantitative estimate of drug-likeness (QED) is 0.263. The minimum absolute atomic E-state index is 0.0894. The summed E-state index contributed by atoms with van der Waals surface area (Å²) < 4.78 is 0.966. The number of hydrogen-bond donors (Lipinski definition) is 1. The van der Waals surface area contributed by atoms with Gasteiger partial charge in [0.1, 0.15) is 6.04 Å². The predicted octanol–water partition coefficient (Wildman–Crippen LogP) is 6.61. The van der Waals surface area contributed by atoms with Gasteiger partial charge in [0.05, 0.1) is 5.75 Å². The van der Waals surface area contributed by atoms with Crippen molar-refractivity contribution >= 4 is 51.1 Å². The van der Waals surface area contributed by atoms with Crippen molar-refractivity contribution in [3.63, 3.8) is 0 Å². The predicted molar refractivity (Wildman–Crippen MR) is 149 cm³/mol. The smallest absolute Gasteiger partial charge is 0.243 e. The first kappa shape index (κ1) is 27.3. The Morgan fingerprint density at radius 3 is 2.23 bits per heavy atom. The standard InChI is InChI=1S/C28H30BrClN2O2S/c1-20(2)17-31-28(34)26(16-21-6-4-3-5-7-21)32(18-22-8-10-23(29)11-9-22)27(33)19-35-25-14-12-24(30)13-15-25/h3-15,20,26H,16-19H2,1-2H3,(H,31,34)/t26-/m1/s1. The maximum atomic E-state index is 13.6. The summed E-state index contributed by atoms with van der Waals surface area (Å²) in [4.78, 5) is 29.7. The Morgan fingerprint density at radius 2 is 1.60 bits per heavy atom. The lowest BCUT2D eigenvalue weighted by atomic mass is 10.0. The molecule has 1 atom stereocenters. The summed E-state index contributed by atoms with van der Waals surface area (Å²) in [6.07, 6.45) is 0.443. The molecule has 3 aromatic carbocycles. The van der Waals surface area contributed by atoms with Crippen LogP contribution in [-0.4, -0.2) is 35.1 Å². The van der Waals surface area contributed by atoms with Crippen molar-refractivity contribution in [3.8, 4) is 0 Å². The molecule has 1 N–H and O–H groups in total. The van der Waals surface area contributed by atoms with Crippen molar-refractivity contribution in [3.05, 3.63) is 99.5 Å². The second-order valence-corrected chi connectivity index (χ2v) is 11.1. The van der Waals surface area contributed by atoms with Crippen LogP contribution in [0.4, 0.5) is 0 Å². The number of halogens is 2. The summed E-state index contributed by atoms with van der Waals surface area (Å²) in [5.74, 6) is 0.311. The molecule has 184 valence electrons. The Morgan fingerprint density at radius 1 is 0.943 bits per heavy atom. The largest absolute Gasteiger partial charge is 0.354 e. The van der Waals surface area contributed by atoms with Crippen molar-refractivity contribution in [1.82, 2.24) is 10.2 Å². The van der Waals surface area contributed by atoms with E-state index in [1.807, 2.05) is 78.9 Å². The summed E-state index contributed by atoms with van der Waals surface area (Å²) in [5, 5.41) is 3.71. The number of amides is 2. The summed E-state index contributed by atoms with van der Waals surface area (Å²) in [7, 11) is 0. The van der Waals surface area contributed by atoms with Crippen LogP contribution >= 0.6 is 39.3 Å². The number of hydrogen-bond acceptors (Lipinski definition) is 3. The minimum atomic E-state index is -0.627. The molecule has 3 aromatic rings. The highest BCUT2D eigenvalue weighted by Gasteiger charge is 2.30. The molecule has 0 aliphatic carbocycles. The van der Waals surface area contributed by atoms with Crippen LogP contribution in [0.25, 0.3) is 0 Å². The Balaban J connectivity index is 1.88. The molecule has 7 heteroatoms. The Bertz CT molecular complexity index is 1090. The molecule has 0 radical (unpaired) electrons. The SMILES string of the molecule is CC(C)CNC(=O)[C@@H](Cc1ccccc1)N(Cc1ccc(Br)cc1)C(=O)CSc1ccc(Cl)cc1. The number of benzene rings is 3. The van der Waals surface area contributed by atoms with E-state index in [1.165, 1.54) is 11.8 Å². The van der Waals surface area contributed by atoms with Crippen molar-refractivity contribution in [2.75, 3.05) is 12.3 Å². The third-order valence-electron chi connectivity index (χ3n) is 5.40. The van der Waals surface area contributed by atoms with Gasteiger partial charge in [-0.2, -0.15) is 0 Å². The third kappa shape index (κ3) is 9.02. The van der Waals surface area contributed by atoms with Crippen LogP contribution in [0.1, 0.15) is 25.0 Å². The van der Waals surface area contributed by atoms with Crippen molar-refractivity contribution in [2.24, 2.45) is 5.92 Å². The van der Waals surface area contributed by atoms with Crippen LogP contribution in [0.15, 0.2) is 88.2 Å². The van der Waals surface area contributed by atoms with Gasteiger partial charge < -0.3 is 10.2 Å². The highest BCUT2D eigenvalue weighted by Crippen LogP contribution is 2.23. The number of nitrogens with zero attached hydrogens (tertiary/aromatic N) is 1. The van der Waals surface area contributed by atoms with E-state index in [1.54, 1.807) is 4.90 Å². The second kappa shape index (κ2) is 13.7. The molecule has 4 nitrogen and oxygen atoms in total. The van der Waals surface area contributed by atoms with Crippen LogP contribution in [0, 0.1) is 5.92 Å². The number of nitrogens with one attached hydrogen (secondary N) is 1. The lowest BCUT2D eigenvalue weighted by Gasteiger charge is -2.32. The van der Waals surface area contributed by atoms with Crippen LogP contribution in [0.5, 0.6) is 0 Å². The monoisotopic (exact) mass is 572 g/mol. The molecule has 2 amide bonds. The van der Waals surface area contributed by atoms with E-state index in [0.29, 0.717) is 30.5 Å². The summed E-state index contributed by atoms with van der Waals surface area (Å²) >= 11 is 10.9. The zero-order chi connectivity index (χ0) is 25.2. The average molecular weight is 574 g/mol. The highest BCUT2D eigenvalue weighted by molar-refractivity contribution is 9.10. The first-order chi connectivity index (χ1) is 16.8. The van der Waals surface area contributed by atoms with E-state index < -0.39 is 6.04 Å². The van der Waals surface area contributed by atoms with Gasteiger partial charge in [-0.1, -0.05) is 83.8 Å². The number of carbonyl (C=O) groups is 2. The zero-order valence-electron chi connectivity index (χ0n) is 19.9. The van der Waals surface area contributed by atoms with Gasteiger partial charge in [0, 0.05) is 33.9 Å². The first-order valence-corrected chi connectivity index (χ1v) is 13.7. The van der Waals surface area contributed by atoms with Crippen molar-refractivity contribution in [1.29, 1.82) is 0 Å². The van der Waals surface area contributed by atoms with Gasteiger partial charge in [-0.05, 0) is 53.4 Å². The Labute approximate surface area is 225 Å². The molecule has 0 spiro atoms. The van der Waals surface area contributed by atoms with E-state index in [0.717, 1.165) is 20.5 Å². The van der Waals surface area contributed by atoms with Gasteiger partial charge in [0.25, 0.3) is 0 Å². The van der Waals surface area contributed by atoms with Crippen LogP contribution < -0.4 is 5.32 Å². The van der Waals surface area contributed by atoms with E-state index in [9.17, 15) is 9.59 Å². The molecule has 0 saturated carbocycles. The third-order valence-corrected chi connectivity index (χ3v) is 7.18. The molecule has 0 aliphatic rings. The average Bonchev–Trinajstić information content (AvgIpc) is 2.86. The van der Waals surface area contributed by atoms with Gasteiger partial charge in [-0.3, -0.25) is 9.59 Å². The van der Waals surface area contributed by atoms with Crippen molar-refractivity contribution < 1.29 is 9.59 Å². The van der Waals surface area contributed by atoms with Gasteiger partial charge in [-0.25, -0.2) is 0 Å². The van der Waals surface area contributed by atoms with Gasteiger partial charge in [-0.15, -0.1) is 11.8 Å². The first-order valence-electron chi connectivity index (χ1n) is 11.6. The molecule has 35 heavy (non-hydrogen) atoms. The molecule has 0 heterocycles. The number of rotatable bonds is 11. The highest BCUT2D eigenvalue weighted by atomic mass is 79.9. The molecule has 0 bridgehead atoms. The van der Waals surface area contributed by atoms with Crippen molar-refractivity contribution in [2.45, 2.75) is 37.8 Å². The van der Waals surface area contributed by atoms with Crippen LogP contribution in [0.2, 0.25) is 5.02 Å². The molecular formula is C28H30BrClN2O2S. The number of thioether (sulfide) groups is 1. The topological polar surface area (TPSA) is 49.4 Å². The zero-order valence-corrected chi connectivity index (χ0v) is 23.1. The molecule has 0 aromatic heterocycles. The molecule has 0 unspecified atom stereocenters.